The molecule has 0 atom stereocenters. The van der Waals surface area contributed by atoms with Gasteiger partial charge in [0.2, 0.25) is 5.95 Å². The number of fused-ring (bicyclic) bond motifs is 1. The second-order valence-electron chi connectivity index (χ2n) is 4.73. The predicted molar refractivity (Wildman–Crippen MR) is 71.5 cm³/mol. The van der Waals surface area contributed by atoms with E-state index in [1.807, 2.05) is 6.92 Å². The Bertz CT molecular complexity index is 514. The third-order valence-corrected chi connectivity index (χ3v) is 3.13. The average Bonchev–Trinajstić information content (AvgIpc) is 2.63. The molecule has 2 aromatic rings. The van der Waals surface area contributed by atoms with Gasteiger partial charge in [-0.05, 0) is 6.92 Å². The van der Waals surface area contributed by atoms with Crippen LogP contribution in [0.4, 0.5) is 5.95 Å². The van der Waals surface area contributed by atoms with E-state index in [-0.39, 0.29) is 4.75 Å². The van der Waals surface area contributed by atoms with Gasteiger partial charge in [-0.1, -0.05) is 32.5 Å². The molecule has 2 rings (SSSR count). The van der Waals surface area contributed by atoms with E-state index >= 15 is 0 Å². The molecule has 0 aliphatic carbocycles. The molecule has 92 valence electrons. The standard InChI is InChI=1S/C11H17N5S/c1-5-12-10-14-8-7(6-13-16-8)9(15-10)17-11(2,3)4/h6H,5H2,1-4H3,(H2,12,13,14,15,16). The fraction of sp³-hybridized carbons (Fsp3) is 0.545. The van der Waals surface area contributed by atoms with E-state index < -0.39 is 0 Å². The molecule has 0 aliphatic heterocycles. The van der Waals surface area contributed by atoms with E-state index in [9.17, 15) is 0 Å². The summed E-state index contributed by atoms with van der Waals surface area (Å²) in [6, 6.07) is 0. The Balaban J connectivity index is 2.47. The normalized spacial score (nSPS) is 12.0. The molecule has 0 saturated carbocycles. The fourth-order valence-electron chi connectivity index (χ4n) is 1.41. The van der Waals surface area contributed by atoms with Crippen molar-refractivity contribution in [3.8, 4) is 0 Å². The van der Waals surface area contributed by atoms with Crippen molar-refractivity contribution in [1.29, 1.82) is 0 Å². The molecule has 0 spiro atoms. The van der Waals surface area contributed by atoms with Crippen molar-refractivity contribution in [1.82, 2.24) is 20.2 Å². The summed E-state index contributed by atoms with van der Waals surface area (Å²) in [5.41, 5.74) is 0.780. The summed E-state index contributed by atoms with van der Waals surface area (Å²) >= 11 is 1.72. The molecule has 2 heterocycles. The number of aromatic nitrogens is 4. The van der Waals surface area contributed by atoms with Crippen LogP contribution in [0.1, 0.15) is 27.7 Å². The maximum atomic E-state index is 4.53. The van der Waals surface area contributed by atoms with Crippen molar-refractivity contribution in [3.63, 3.8) is 0 Å². The fourth-order valence-corrected chi connectivity index (χ4v) is 2.38. The Morgan fingerprint density at radius 2 is 2.12 bits per heavy atom. The molecule has 0 radical (unpaired) electrons. The monoisotopic (exact) mass is 251 g/mol. The molecule has 0 aliphatic rings. The lowest BCUT2D eigenvalue weighted by molar-refractivity contribution is 0.800. The molecule has 5 nitrogen and oxygen atoms in total. The minimum atomic E-state index is 0.113. The molecule has 0 saturated heterocycles. The van der Waals surface area contributed by atoms with Gasteiger partial charge in [-0.15, -0.1) is 0 Å². The van der Waals surface area contributed by atoms with Gasteiger partial charge >= 0.3 is 0 Å². The van der Waals surface area contributed by atoms with Crippen LogP contribution in [0.25, 0.3) is 11.0 Å². The molecule has 17 heavy (non-hydrogen) atoms. The topological polar surface area (TPSA) is 66.5 Å². The molecule has 0 fully saturated rings. The molecule has 0 aromatic carbocycles. The van der Waals surface area contributed by atoms with Gasteiger partial charge in [0.05, 0.1) is 11.6 Å². The highest BCUT2D eigenvalue weighted by Crippen LogP contribution is 2.34. The number of nitrogens with one attached hydrogen (secondary N) is 2. The first-order valence-corrected chi connectivity index (χ1v) is 6.45. The van der Waals surface area contributed by atoms with Gasteiger partial charge in [0.1, 0.15) is 5.03 Å². The maximum Gasteiger partial charge on any atom is 0.225 e. The van der Waals surface area contributed by atoms with Crippen LogP contribution in [0, 0.1) is 0 Å². The summed E-state index contributed by atoms with van der Waals surface area (Å²) in [4.78, 5) is 8.89. The van der Waals surface area contributed by atoms with E-state index in [0.29, 0.717) is 5.95 Å². The van der Waals surface area contributed by atoms with Crippen LogP contribution in [-0.4, -0.2) is 31.5 Å². The van der Waals surface area contributed by atoms with E-state index in [1.54, 1.807) is 18.0 Å². The Morgan fingerprint density at radius 1 is 1.35 bits per heavy atom. The van der Waals surface area contributed by atoms with Crippen LogP contribution < -0.4 is 5.32 Å². The largest absolute Gasteiger partial charge is 0.354 e. The van der Waals surface area contributed by atoms with E-state index in [1.165, 1.54) is 0 Å². The Kier molecular flexibility index (Phi) is 3.24. The lowest BCUT2D eigenvalue weighted by Gasteiger charge is -2.17. The van der Waals surface area contributed by atoms with Gasteiger partial charge in [0, 0.05) is 11.3 Å². The number of anilines is 1. The van der Waals surface area contributed by atoms with Crippen molar-refractivity contribution < 1.29 is 0 Å². The smallest absolute Gasteiger partial charge is 0.225 e. The number of nitrogens with zero attached hydrogens (tertiary/aromatic N) is 3. The Hall–Kier alpha value is -1.30. The molecule has 2 aromatic heterocycles. The summed E-state index contributed by atoms with van der Waals surface area (Å²) < 4.78 is 0.113. The first kappa shape index (κ1) is 12.2. The summed E-state index contributed by atoms with van der Waals surface area (Å²) in [6.07, 6.45) is 1.78. The van der Waals surface area contributed by atoms with Crippen LogP contribution >= 0.6 is 11.8 Å². The van der Waals surface area contributed by atoms with Crippen LogP contribution in [0.2, 0.25) is 0 Å². The van der Waals surface area contributed by atoms with Gasteiger partial charge in [-0.25, -0.2) is 4.98 Å². The molecule has 2 N–H and O–H groups in total. The summed E-state index contributed by atoms with van der Waals surface area (Å²) in [7, 11) is 0. The number of hydrogen-bond donors (Lipinski definition) is 2. The molecule has 0 bridgehead atoms. The number of thioether (sulfide) groups is 1. The van der Waals surface area contributed by atoms with Crippen molar-refractivity contribution in [3.05, 3.63) is 6.20 Å². The number of rotatable bonds is 3. The highest BCUT2D eigenvalue weighted by atomic mass is 32.2. The maximum absolute atomic E-state index is 4.53. The second-order valence-corrected chi connectivity index (χ2v) is 6.54. The molecular formula is C11H17N5S. The zero-order valence-corrected chi connectivity index (χ0v) is 11.4. The van der Waals surface area contributed by atoms with Crippen molar-refractivity contribution in [2.24, 2.45) is 0 Å². The number of aromatic amines is 1. The third kappa shape index (κ3) is 2.88. The number of H-pyrrole nitrogens is 1. The van der Waals surface area contributed by atoms with Crippen LogP contribution in [-0.2, 0) is 0 Å². The van der Waals surface area contributed by atoms with Crippen molar-refractivity contribution in [2.45, 2.75) is 37.5 Å². The quantitative estimate of drug-likeness (QED) is 0.648. The third-order valence-electron chi connectivity index (χ3n) is 2.01. The van der Waals surface area contributed by atoms with Gasteiger partial charge in [0.25, 0.3) is 0 Å². The molecule has 6 heteroatoms. The highest BCUT2D eigenvalue weighted by molar-refractivity contribution is 8.00. The first-order chi connectivity index (χ1) is 7.99. The Labute approximate surface area is 105 Å². The van der Waals surface area contributed by atoms with Gasteiger partial charge in [-0.3, -0.25) is 5.10 Å². The van der Waals surface area contributed by atoms with Gasteiger partial charge in [0.15, 0.2) is 5.65 Å². The zero-order chi connectivity index (χ0) is 12.5. The minimum Gasteiger partial charge on any atom is -0.354 e. The van der Waals surface area contributed by atoms with Crippen LogP contribution in [0.5, 0.6) is 0 Å². The molecule has 0 unspecified atom stereocenters. The van der Waals surface area contributed by atoms with Crippen LogP contribution in [0.3, 0.4) is 0 Å². The lowest BCUT2D eigenvalue weighted by atomic mass is 10.3. The first-order valence-electron chi connectivity index (χ1n) is 5.63. The van der Waals surface area contributed by atoms with Crippen molar-refractivity contribution >= 4 is 28.7 Å². The summed E-state index contributed by atoms with van der Waals surface area (Å²) in [5, 5.41) is 12.0. The van der Waals surface area contributed by atoms with E-state index in [2.05, 4.69) is 46.3 Å². The highest BCUT2D eigenvalue weighted by Gasteiger charge is 2.17. The van der Waals surface area contributed by atoms with Gasteiger partial charge in [-0.2, -0.15) is 10.1 Å². The summed E-state index contributed by atoms with van der Waals surface area (Å²) in [6.45, 7) is 9.33. The van der Waals surface area contributed by atoms with Crippen LogP contribution in [0.15, 0.2) is 11.2 Å². The zero-order valence-electron chi connectivity index (χ0n) is 10.5. The SMILES string of the molecule is CCNc1nc(SC(C)(C)C)c2cn[nH]c2n1. The second kappa shape index (κ2) is 4.52. The van der Waals surface area contributed by atoms with Gasteiger partial charge < -0.3 is 5.32 Å². The molecule has 0 amide bonds. The lowest BCUT2D eigenvalue weighted by Crippen LogP contribution is -2.09. The minimum absolute atomic E-state index is 0.113. The summed E-state index contributed by atoms with van der Waals surface area (Å²) in [5.74, 6) is 0.649. The van der Waals surface area contributed by atoms with Crippen molar-refractivity contribution in [2.75, 3.05) is 11.9 Å². The van der Waals surface area contributed by atoms with E-state index in [0.717, 1.165) is 22.6 Å². The van der Waals surface area contributed by atoms with E-state index in [4.69, 9.17) is 0 Å². The number of hydrogen-bond acceptors (Lipinski definition) is 5. The molecular weight excluding hydrogens is 234 g/mol. The average molecular weight is 251 g/mol. The Morgan fingerprint density at radius 3 is 2.76 bits per heavy atom. The predicted octanol–water partition coefficient (Wildman–Crippen LogP) is 2.68.